The third-order valence-corrected chi connectivity index (χ3v) is 3.11. The third-order valence-electron chi connectivity index (χ3n) is 2.89. The highest BCUT2D eigenvalue weighted by molar-refractivity contribution is 6.30. The van der Waals surface area contributed by atoms with Crippen molar-refractivity contribution in [2.45, 2.75) is 6.42 Å². The van der Waals surface area contributed by atoms with Gasteiger partial charge >= 0.3 is 5.97 Å². The number of nitrogens with zero attached hydrogens (tertiary/aromatic N) is 1. The molecule has 0 aliphatic carbocycles. The lowest BCUT2D eigenvalue weighted by Gasteiger charge is -2.09. The van der Waals surface area contributed by atoms with E-state index in [1.165, 1.54) is 31.5 Å². The maximum absolute atomic E-state index is 12.0. The van der Waals surface area contributed by atoms with E-state index in [4.69, 9.17) is 21.4 Å². The summed E-state index contributed by atoms with van der Waals surface area (Å²) in [6, 6.07) is 7.62. The van der Waals surface area contributed by atoms with E-state index in [-0.39, 0.29) is 17.9 Å². The molecule has 0 bridgehead atoms. The summed E-state index contributed by atoms with van der Waals surface area (Å²) in [5.74, 6) is -0.660. The predicted octanol–water partition coefficient (Wildman–Crippen LogP) is 2.62. The highest BCUT2D eigenvalue weighted by atomic mass is 35.5. The number of rotatable bonds is 5. The normalized spacial score (nSPS) is 10.1. The lowest BCUT2D eigenvalue weighted by Crippen LogP contribution is -2.17. The van der Waals surface area contributed by atoms with E-state index in [1.54, 1.807) is 12.1 Å². The van der Waals surface area contributed by atoms with Gasteiger partial charge in [-0.1, -0.05) is 11.6 Å². The number of hydrogen-bond acceptors (Lipinski definition) is 4. The molecule has 2 N–H and O–H groups in total. The van der Waals surface area contributed by atoms with Gasteiger partial charge in [0.1, 0.15) is 11.6 Å². The molecule has 2 rings (SSSR count). The first-order chi connectivity index (χ1) is 10.5. The highest BCUT2D eigenvalue weighted by Gasteiger charge is 2.14. The number of carbonyl (C=O) groups is 2. The second kappa shape index (κ2) is 6.91. The maximum Gasteiger partial charge on any atom is 0.335 e. The van der Waals surface area contributed by atoms with Crippen LogP contribution in [-0.2, 0) is 11.2 Å². The summed E-state index contributed by atoms with van der Waals surface area (Å²) < 4.78 is 5.05. The minimum atomic E-state index is -1.10. The van der Waals surface area contributed by atoms with Crippen molar-refractivity contribution in [1.82, 2.24) is 4.98 Å². The Bertz CT molecular complexity index is 701. The van der Waals surface area contributed by atoms with Crippen LogP contribution in [0.4, 0.5) is 5.82 Å². The number of carboxylic acid groups (broad SMARTS) is 1. The second-order valence-corrected chi connectivity index (χ2v) is 4.85. The van der Waals surface area contributed by atoms with Crippen molar-refractivity contribution >= 4 is 29.3 Å². The Morgan fingerprint density at radius 2 is 2.09 bits per heavy atom. The molecule has 1 aromatic carbocycles. The molecule has 2 aromatic rings. The number of anilines is 1. The summed E-state index contributed by atoms with van der Waals surface area (Å²) in [6.07, 6.45) is 1.30. The molecule has 0 aliphatic rings. The average Bonchev–Trinajstić information content (AvgIpc) is 2.49. The summed E-state index contributed by atoms with van der Waals surface area (Å²) in [4.78, 5) is 27.2. The first-order valence-electron chi connectivity index (χ1n) is 6.31. The molecule has 0 radical (unpaired) electrons. The van der Waals surface area contributed by atoms with Crippen LogP contribution in [0.3, 0.4) is 0 Å². The summed E-state index contributed by atoms with van der Waals surface area (Å²) in [6.45, 7) is 0. The summed E-state index contributed by atoms with van der Waals surface area (Å²) >= 11 is 5.71. The number of carboxylic acids is 1. The highest BCUT2D eigenvalue weighted by Crippen LogP contribution is 2.19. The standard InChI is InChI=1S/C15H13ClN2O4/c1-22-11-3-4-12(15(20)21)9(6-11)7-14(19)18-13-5-2-10(16)8-17-13/h2-6,8H,7H2,1H3,(H,20,21)(H,17,18,19). The van der Waals surface area contributed by atoms with E-state index in [2.05, 4.69) is 10.3 Å². The van der Waals surface area contributed by atoms with Crippen LogP contribution >= 0.6 is 11.6 Å². The SMILES string of the molecule is COc1ccc(C(=O)O)c(CC(=O)Nc2ccc(Cl)cn2)c1. The number of pyridine rings is 1. The van der Waals surface area contributed by atoms with Crippen LogP contribution < -0.4 is 10.1 Å². The Morgan fingerprint density at radius 1 is 1.32 bits per heavy atom. The molecule has 1 aromatic heterocycles. The summed E-state index contributed by atoms with van der Waals surface area (Å²) in [5.41, 5.74) is 0.415. The molecule has 22 heavy (non-hydrogen) atoms. The number of nitrogens with one attached hydrogen (secondary N) is 1. The van der Waals surface area contributed by atoms with Crippen LogP contribution in [0.25, 0.3) is 0 Å². The van der Waals surface area contributed by atoms with E-state index in [1.807, 2.05) is 0 Å². The largest absolute Gasteiger partial charge is 0.497 e. The van der Waals surface area contributed by atoms with Gasteiger partial charge in [0.2, 0.25) is 5.91 Å². The minimum Gasteiger partial charge on any atom is -0.497 e. The zero-order valence-corrected chi connectivity index (χ0v) is 12.4. The zero-order chi connectivity index (χ0) is 16.1. The van der Waals surface area contributed by atoms with Crippen molar-refractivity contribution in [3.63, 3.8) is 0 Å². The second-order valence-electron chi connectivity index (χ2n) is 4.41. The van der Waals surface area contributed by atoms with Crippen molar-refractivity contribution < 1.29 is 19.4 Å². The maximum atomic E-state index is 12.0. The van der Waals surface area contributed by atoms with Crippen molar-refractivity contribution in [2.75, 3.05) is 12.4 Å². The molecule has 0 saturated carbocycles. The Labute approximate surface area is 131 Å². The molecule has 0 aliphatic heterocycles. The monoisotopic (exact) mass is 320 g/mol. The fourth-order valence-electron chi connectivity index (χ4n) is 1.86. The Hall–Kier alpha value is -2.60. The molecule has 0 saturated heterocycles. The van der Waals surface area contributed by atoms with Crippen molar-refractivity contribution in [3.8, 4) is 5.75 Å². The predicted molar refractivity (Wildman–Crippen MR) is 81.5 cm³/mol. The number of ether oxygens (including phenoxy) is 1. The van der Waals surface area contributed by atoms with Crippen molar-refractivity contribution in [1.29, 1.82) is 0 Å². The summed E-state index contributed by atoms with van der Waals surface area (Å²) in [5, 5.41) is 12.2. The first-order valence-corrected chi connectivity index (χ1v) is 6.69. The quantitative estimate of drug-likeness (QED) is 0.884. The van der Waals surface area contributed by atoms with Crippen LogP contribution in [-0.4, -0.2) is 29.1 Å². The summed E-state index contributed by atoms with van der Waals surface area (Å²) in [7, 11) is 1.47. The van der Waals surface area contributed by atoms with E-state index in [9.17, 15) is 9.59 Å². The van der Waals surface area contributed by atoms with Gasteiger partial charge in [0.25, 0.3) is 0 Å². The van der Waals surface area contributed by atoms with Gasteiger partial charge in [-0.3, -0.25) is 4.79 Å². The van der Waals surface area contributed by atoms with Crippen LogP contribution in [0.5, 0.6) is 5.75 Å². The molecule has 1 amide bonds. The van der Waals surface area contributed by atoms with Gasteiger partial charge in [-0.05, 0) is 35.9 Å². The van der Waals surface area contributed by atoms with Gasteiger partial charge in [0.05, 0.1) is 24.1 Å². The van der Waals surface area contributed by atoms with Crippen molar-refractivity contribution in [3.05, 3.63) is 52.7 Å². The van der Waals surface area contributed by atoms with E-state index < -0.39 is 5.97 Å². The number of aromatic nitrogens is 1. The number of methoxy groups -OCH3 is 1. The number of carbonyl (C=O) groups excluding carboxylic acids is 1. The van der Waals surface area contributed by atoms with Crippen LogP contribution in [0.15, 0.2) is 36.5 Å². The zero-order valence-electron chi connectivity index (χ0n) is 11.7. The third kappa shape index (κ3) is 3.95. The Morgan fingerprint density at radius 3 is 2.68 bits per heavy atom. The smallest absolute Gasteiger partial charge is 0.335 e. The first kappa shape index (κ1) is 15.8. The van der Waals surface area contributed by atoms with E-state index in [0.29, 0.717) is 22.2 Å². The van der Waals surface area contributed by atoms with E-state index in [0.717, 1.165) is 0 Å². The molecular weight excluding hydrogens is 308 g/mol. The van der Waals surface area contributed by atoms with Gasteiger partial charge in [-0.15, -0.1) is 0 Å². The average molecular weight is 321 g/mol. The fraction of sp³-hybridized carbons (Fsp3) is 0.133. The number of benzene rings is 1. The Balaban J connectivity index is 2.16. The molecule has 0 unspecified atom stereocenters. The molecule has 114 valence electrons. The molecule has 0 fully saturated rings. The fourth-order valence-corrected chi connectivity index (χ4v) is 1.97. The number of halogens is 1. The number of amides is 1. The minimum absolute atomic E-state index is 0.0556. The van der Waals surface area contributed by atoms with Gasteiger partial charge < -0.3 is 15.2 Å². The molecule has 6 nitrogen and oxygen atoms in total. The number of aromatic carboxylic acids is 1. The molecule has 1 heterocycles. The number of hydrogen-bond donors (Lipinski definition) is 2. The van der Waals surface area contributed by atoms with Gasteiger partial charge in [-0.2, -0.15) is 0 Å². The lowest BCUT2D eigenvalue weighted by molar-refractivity contribution is -0.115. The molecule has 7 heteroatoms. The molecule has 0 atom stereocenters. The lowest BCUT2D eigenvalue weighted by atomic mass is 10.0. The Kier molecular flexibility index (Phi) is 4.95. The van der Waals surface area contributed by atoms with E-state index >= 15 is 0 Å². The topological polar surface area (TPSA) is 88.5 Å². The molecular formula is C15H13ClN2O4. The van der Waals surface area contributed by atoms with Gasteiger partial charge in [0, 0.05) is 6.20 Å². The van der Waals surface area contributed by atoms with Gasteiger partial charge in [0.15, 0.2) is 0 Å². The van der Waals surface area contributed by atoms with Crippen LogP contribution in [0.1, 0.15) is 15.9 Å². The van der Waals surface area contributed by atoms with Crippen LogP contribution in [0.2, 0.25) is 5.02 Å². The van der Waals surface area contributed by atoms with Crippen molar-refractivity contribution in [2.24, 2.45) is 0 Å². The molecule has 0 spiro atoms. The van der Waals surface area contributed by atoms with Gasteiger partial charge in [-0.25, -0.2) is 9.78 Å². The van der Waals surface area contributed by atoms with Crippen LogP contribution in [0, 0.1) is 0 Å².